The number of aromatic nitrogens is 1. The molecule has 3 aromatic rings. The fraction of sp³-hybridized carbons (Fsp3) is 0.333. The number of carbonyl (C=O) groups excluding carboxylic acids is 1. The number of nitrogens with zero attached hydrogens (tertiary/aromatic N) is 1. The second-order valence-corrected chi connectivity index (χ2v) is 8.16. The van der Waals surface area contributed by atoms with Crippen molar-refractivity contribution in [2.24, 2.45) is 0 Å². The van der Waals surface area contributed by atoms with Gasteiger partial charge in [0.2, 0.25) is 18.3 Å². The summed E-state index contributed by atoms with van der Waals surface area (Å²) in [5.41, 5.74) is 3.23. The van der Waals surface area contributed by atoms with Crippen molar-refractivity contribution in [1.82, 2.24) is 10.3 Å². The fourth-order valence-corrected chi connectivity index (χ4v) is 5.17. The van der Waals surface area contributed by atoms with E-state index in [9.17, 15) is 4.79 Å². The molecule has 0 fully saturated rings. The van der Waals surface area contributed by atoms with Crippen molar-refractivity contribution in [1.29, 1.82) is 0 Å². The molecule has 9 nitrogen and oxygen atoms in total. The molecule has 0 saturated carbocycles. The molecule has 5 rings (SSSR count). The molecule has 1 atom stereocenters. The van der Waals surface area contributed by atoms with Gasteiger partial charge in [0.1, 0.15) is 15.9 Å². The van der Waals surface area contributed by atoms with Gasteiger partial charge in [-0.15, -0.1) is 11.3 Å². The molecular weight excluding hydrogens is 422 g/mol. The lowest BCUT2D eigenvalue weighted by molar-refractivity contribution is 0.0939. The average Bonchev–Trinajstić information content (AvgIpc) is 3.36. The zero-order valence-electron chi connectivity index (χ0n) is 17.5. The molecular formula is C21H21N3O6S. The first-order valence-corrected chi connectivity index (χ1v) is 10.4. The number of methoxy groups -OCH3 is 3. The van der Waals surface area contributed by atoms with E-state index in [0.717, 1.165) is 27.2 Å². The third-order valence-electron chi connectivity index (χ3n) is 5.26. The molecule has 2 aliphatic heterocycles. The van der Waals surface area contributed by atoms with E-state index in [4.69, 9.17) is 23.7 Å². The lowest BCUT2D eigenvalue weighted by Gasteiger charge is -2.28. The number of aryl methyl sites for hydroxylation is 1. The van der Waals surface area contributed by atoms with Crippen LogP contribution in [0.2, 0.25) is 0 Å². The molecule has 0 saturated heterocycles. The Balaban J connectivity index is 1.66. The second kappa shape index (κ2) is 7.47. The summed E-state index contributed by atoms with van der Waals surface area (Å²) >= 11 is 1.36. The van der Waals surface area contributed by atoms with Crippen LogP contribution in [0.5, 0.6) is 23.0 Å². The van der Waals surface area contributed by atoms with E-state index < -0.39 is 6.17 Å². The SMILES string of the molecule is COCc1cc(C)nc2sc3c(c12)N[C@@H](c1cc2c(c(OC)c1OC)OCO2)NC3=O. The summed E-state index contributed by atoms with van der Waals surface area (Å²) in [5.74, 6) is 1.69. The van der Waals surface area contributed by atoms with E-state index in [1.54, 1.807) is 20.3 Å². The maximum absolute atomic E-state index is 13.1. The fourth-order valence-electron chi connectivity index (χ4n) is 4.04. The standard InChI is InChI=1S/C21H21N3O6S/c1-9-5-10(7-26-2)13-14-18(31-21(13)22-9)20(25)24-19(23-14)11-6-12-16(30-8-29-12)17(28-4)15(11)27-3/h5-6,19,23H,7-8H2,1-4H3,(H,24,25)/t19-/m1/s1. The molecule has 2 aliphatic rings. The normalized spacial score (nSPS) is 16.6. The first-order chi connectivity index (χ1) is 15.0. The molecule has 162 valence electrons. The van der Waals surface area contributed by atoms with Crippen LogP contribution >= 0.6 is 11.3 Å². The van der Waals surface area contributed by atoms with Gasteiger partial charge in [-0.3, -0.25) is 4.79 Å². The van der Waals surface area contributed by atoms with Gasteiger partial charge in [-0.1, -0.05) is 0 Å². The first-order valence-electron chi connectivity index (χ1n) is 9.59. The smallest absolute Gasteiger partial charge is 0.265 e. The van der Waals surface area contributed by atoms with E-state index in [-0.39, 0.29) is 12.7 Å². The summed E-state index contributed by atoms with van der Waals surface area (Å²) in [6, 6.07) is 3.77. The molecule has 0 unspecified atom stereocenters. The molecule has 2 N–H and O–H groups in total. The Kier molecular flexibility index (Phi) is 4.75. The quantitative estimate of drug-likeness (QED) is 0.619. The van der Waals surface area contributed by atoms with Gasteiger partial charge < -0.3 is 34.3 Å². The van der Waals surface area contributed by atoms with Gasteiger partial charge in [-0.25, -0.2) is 4.98 Å². The number of hydrogen-bond donors (Lipinski definition) is 2. The van der Waals surface area contributed by atoms with Gasteiger partial charge in [0.25, 0.3) is 5.91 Å². The highest BCUT2D eigenvalue weighted by molar-refractivity contribution is 7.21. The lowest BCUT2D eigenvalue weighted by Crippen LogP contribution is -2.37. The van der Waals surface area contributed by atoms with Crippen LogP contribution in [0.15, 0.2) is 12.1 Å². The zero-order chi connectivity index (χ0) is 21.7. The molecule has 0 aliphatic carbocycles. The minimum Gasteiger partial charge on any atom is -0.492 e. The maximum Gasteiger partial charge on any atom is 0.265 e. The predicted molar refractivity (Wildman–Crippen MR) is 115 cm³/mol. The number of thiophene rings is 1. The second-order valence-electron chi connectivity index (χ2n) is 7.16. The van der Waals surface area contributed by atoms with Gasteiger partial charge in [0.05, 0.1) is 26.5 Å². The van der Waals surface area contributed by atoms with Crippen LogP contribution in [0.1, 0.15) is 32.7 Å². The predicted octanol–water partition coefficient (Wildman–Crippen LogP) is 3.35. The number of amides is 1. The molecule has 4 heterocycles. The van der Waals surface area contributed by atoms with E-state index in [1.165, 1.54) is 18.4 Å². The number of ether oxygens (including phenoxy) is 5. The van der Waals surface area contributed by atoms with Gasteiger partial charge in [0, 0.05) is 23.8 Å². The number of nitrogens with one attached hydrogen (secondary N) is 2. The van der Waals surface area contributed by atoms with Crippen LogP contribution in [0.4, 0.5) is 5.69 Å². The van der Waals surface area contributed by atoms with Crippen molar-refractivity contribution in [3.63, 3.8) is 0 Å². The summed E-state index contributed by atoms with van der Waals surface area (Å²) in [5, 5.41) is 7.34. The van der Waals surface area contributed by atoms with Crippen LogP contribution in [-0.4, -0.2) is 39.0 Å². The topological polar surface area (TPSA) is 100 Å². The summed E-state index contributed by atoms with van der Waals surface area (Å²) < 4.78 is 27.6. The number of carbonyl (C=O) groups is 1. The average molecular weight is 443 g/mol. The zero-order valence-corrected chi connectivity index (χ0v) is 18.3. The van der Waals surface area contributed by atoms with E-state index in [0.29, 0.717) is 40.0 Å². The Labute approximate surface area is 182 Å². The number of rotatable bonds is 5. The first kappa shape index (κ1) is 19.7. The number of benzene rings is 1. The van der Waals surface area contributed by atoms with Crippen molar-refractivity contribution in [2.75, 3.05) is 33.4 Å². The molecule has 0 bridgehead atoms. The van der Waals surface area contributed by atoms with Crippen molar-refractivity contribution >= 4 is 33.1 Å². The summed E-state index contributed by atoms with van der Waals surface area (Å²) in [7, 11) is 4.72. The molecule has 1 amide bonds. The molecule has 31 heavy (non-hydrogen) atoms. The van der Waals surface area contributed by atoms with Crippen molar-refractivity contribution in [2.45, 2.75) is 19.7 Å². The van der Waals surface area contributed by atoms with E-state index >= 15 is 0 Å². The van der Waals surface area contributed by atoms with Crippen LogP contribution in [0.3, 0.4) is 0 Å². The number of fused-ring (bicyclic) bond motifs is 4. The van der Waals surface area contributed by atoms with Crippen LogP contribution in [0.25, 0.3) is 10.2 Å². The van der Waals surface area contributed by atoms with Gasteiger partial charge in [0.15, 0.2) is 11.5 Å². The Hall–Kier alpha value is -3.24. The summed E-state index contributed by atoms with van der Waals surface area (Å²) in [6.07, 6.45) is -0.576. The van der Waals surface area contributed by atoms with Crippen molar-refractivity contribution < 1.29 is 28.5 Å². The Morgan fingerprint density at radius 3 is 2.71 bits per heavy atom. The highest BCUT2D eigenvalue weighted by Gasteiger charge is 2.35. The van der Waals surface area contributed by atoms with Crippen LogP contribution in [-0.2, 0) is 11.3 Å². The molecule has 0 spiro atoms. The van der Waals surface area contributed by atoms with E-state index in [2.05, 4.69) is 15.6 Å². The minimum absolute atomic E-state index is 0.0907. The highest BCUT2D eigenvalue weighted by atomic mass is 32.1. The van der Waals surface area contributed by atoms with Crippen molar-refractivity contribution in [3.8, 4) is 23.0 Å². The third-order valence-corrected chi connectivity index (χ3v) is 6.35. The van der Waals surface area contributed by atoms with Crippen LogP contribution in [0, 0.1) is 6.92 Å². The number of pyridine rings is 1. The number of hydrogen-bond acceptors (Lipinski definition) is 9. The minimum atomic E-state index is -0.576. The van der Waals surface area contributed by atoms with Gasteiger partial charge in [-0.2, -0.15) is 0 Å². The lowest BCUT2D eigenvalue weighted by atomic mass is 10.0. The summed E-state index contributed by atoms with van der Waals surface area (Å²) in [6.45, 7) is 2.43. The van der Waals surface area contributed by atoms with E-state index in [1.807, 2.05) is 13.0 Å². The largest absolute Gasteiger partial charge is 0.492 e. The Morgan fingerprint density at radius 2 is 1.97 bits per heavy atom. The molecule has 10 heteroatoms. The number of anilines is 1. The Bertz CT molecular complexity index is 1210. The maximum atomic E-state index is 13.1. The third kappa shape index (κ3) is 3.02. The Morgan fingerprint density at radius 1 is 1.16 bits per heavy atom. The van der Waals surface area contributed by atoms with Gasteiger partial charge >= 0.3 is 0 Å². The van der Waals surface area contributed by atoms with Gasteiger partial charge in [-0.05, 0) is 24.6 Å². The van der Waals surface area contributed by atoms with Crippen molar-refractivity contribution in [3.05, 3.63) is 33.8 Å². The molecule has 1 aromatic carbocycles. The molecule has 2 aromatic heterocycles. The summed E-state index contributed by atoms with van der Waals surface area (Å²) in [4.78, 5) is 19.0. The molecule has 0 radical (unpaired) electrons. The highest BCUT2D eigenvalue weighted by Crippen LogP contribution is 2.51. The monoisotopic (exact) mass is 443 g/mol. The van der Waals surface area contributed by atoms with Crippen LogP contribution < -0.4 is 29.6 Å².